The van der Waals surface area contributed by atoms with Crippen LogP contribution in [0, 0.1) is 5.92 Å². The number of ether oxygens (including phenoxy) is 1. The molecule has 0 radical (unpaired) electrons. The zero-order valence-corrected chi connectivity index (χ0v) is 15.7. The van der Waals surface area contributed by atoms with Gasteiger partial charge in [0.05, 0.1) is 18.7 Å². The molecular formula is C22H21N3O4. The molecule has 7 heteroatoms. The van der Waals surface area contributed by atoms with Crippen LogP contribution >= 0.6 is 0 Å². The number of hydrogen-bond acceptors (Lipinski definition) is 4. The molecule has 1 unspecified atom stereocenters. The number of rotatable bonds is 5. The minimum atomic E-state index is -0.337. The van der Waals surface area contributed by atoms with Gasteiger partial charge >= 0.3 is 6.03 Å². The molecule has 0 spiro atoms. The van der Waals surface area contributed by atoms with Gasteiger partial charge in [0.25, 0.3) is 0 Å². The summed E-state index contributed by atoms with van der Waals surface area (Å²) in [5.74, 6) is 1.19. The van der Waals surface area contributed by atoms with Gasteiger partial charge in [-0.25, -0.2) is 4.79 Å². The van der Waals surface area contributed by atoms with Crippen LogP contribution in [0.15, 0.2) is 71.3 Å². The zero-order chi connectivity index (χ0) is 20.1. The summed E-state index contributed by atoms with van der Waals surface area (Å²) in [6, 6.07) is 17.9. The van der Waals surface area contributed by atoms with Gasteiger partial charge in [0, 0.05) is 11.4 Å². The van der Waals surface area contributed by atoms with Crippen molar-refractivity contribution in [2.75, 3.05) is 17.2 Å². The van der Waals surface area contributed by atoms with Crippen LogP contribution in [-0.4, -0.2) is 18.5 Å². The Hall–Kier alpha value is -3.74. The van der Waals surface area contributed by atoms with Gasteiger partial charge in [-0.3, -0.25) is 4.79 Å². The number of para-hydroxylation sites is 1. The van der Waals surface area contributed by atoms with E-state index in [1.54, 1.807) is 42.7 Å². The van der Waals surface area contributed by atoms with E-state index < -0.39 is 0 Å². The molecule has 0 saturated carbocycles. The molecule has 2 aromatic carbocycles. The SMILES string of the molecule is O=C(NCc1ccco1)Nc1ccc(NC(=O)C2COc3ccccc3C2)cc1. The van der Waals surface area contributed by atoms with Crippen LogP contribution in [0.3, 0.4) is 0 Å². The Kier molecular flexibility index (Phi) is 5.47. The van der Waals surface area contributed by atoms with Crippen LogP contribution in [0.1, 0.15) is 11.3 Å². The van der Waals surface area contributed by atoms with Crippen molar-refractivity contribution in [3.05, 3.63) is 78.3 Å². The molecule has 0 aliphatic carbocycles. The van der Waals surface area contributed by atoms with Gasteiger partial charge in [-0.15, -0.1) is 0 Å². The van der Waals surface area contributed by atoms with Crippen molar-refractivity contribution in [1.29, 1.82) is 0 Å². The average Bonchev–Trinajstić information content (AvgIpc) is 3.27. The molecule has 0 saturated heterocycles. The van der Waals surface area contributed by atoms with Crippen LogP contribution in [0.2, 0.25) is 0 Å². The van der Waals surface area contributed by atoms with E-state index in [0.29, 0.717) is 36.7 Å². The summed E-state index contributed by atoms with van der Waals surface area (Å²) >= 11 is 0. The predicted octanol–water partition coefficient (Wildman–Crippen LogP) is 3.79. The predicted molar refractivity (Wildman–Crippen MR) is 109 cm³/mol. The third-order valence-corrected chi connectivity index (χ3v) is 4.66. The minimum Gasteiger partial charge on any atom is -0.492 e. The Morgan fingerprint density at radius 3 is 2.45 bits per heavy atom. The normalized spacial score (nSPS) is 15.0. The number of urea groups is 1. The van der Waals surface area contributed by atoms with Crippen molar-refractivity contribution in [2.45, 2.75) is 13.0 Å². The molecule has 0 bridgehead atoms. The van der Waals surface area contributed by atoms with Crippen molar-refractivity contribution in [1.82, 2.24) is 5.32 Å². The van der Waals surface area contributed by atoms with E-state index in [4.69, 9.17) is 9.15 Å². The highest BCUT2D eigenvalue weighted by Gasteiger charge is 2.25. The lowest BCUT2D eigenvalue weighted by atomic mass is 9.96. The molecule has 3 aromatic rings. The Morgan fingerprint density at radius 2 is 1.69 bits per heavy atom. The molecule has 2 heterocycles. The second-order valence-electron chi connectivity index (χ2n) is 6.77. The summed E-state index contributed by atoms with van der Waals surface area (Å²) in [5.41, 5.74) is 2.32. The number of carbonyl (C=O) groups excluding carboxylic acids is 2. The largest absolute Gasteiger partial charge is 0.492 e. The van der Waals surface area contributed by atoms with Gasteiger partial charge in [-0.05, 0) is 54.4 Å². The summed E-state index contributed by atoms with van der Waals surface area (Å²) < 4.78 is 10.9. The van der Waals surface area contributed by atoms with Gasteiger partial charge in [0.15, 0.2) is 0 Å². The first-order chi connectivity index (χ1) is 14.2. The van der Waals surface area contributed by atoms with Gasteiger partial charge in [-0.2, -0.15) is 0 Å². The summed E-state index contributed by atoms with van der Waals surface area (Å²) in [5, 5.41) is 8.35. The summed E-state index contributed by atoms with van der Waals surface area (Å²) in [6.07, 6.45) is 2.21. The van der Waals surface area contributed by atoms with E-state index >= 15 is 0 Å². The van der Waals surface area contributed by atoms with Crippen LogP contribution in [0.4, 0.5) is 16.2 Å². The molecular weight excluding hydrogens is 370 g/mol. The monoisotopic (exact) mass is 391 g/mol. The number of fused-ring (bicyclic) bond motifs is 1. The number of anilines is 2. The highest BCUT2D eigenvalue weighted by molar-refractivity contribution is 5.94. The van der Waals surface area contributed by atoms with E-state index in [2.05, 4.69) is 16.0 Å². The lowest BCUT2D eigenvalue weighted by Crippen LogP contribution is -2.32. The topological polar surface area (TPSA) is 92.6 Å². The van der Waals surface area contributed by atoms with E-state index in [1.807, 2.05) is 24.3 Å². The zero-order valence-electron chi connectivity index (χ0n) is 15.7. The van der Waals surface area contributed by atoms with E-state index in [9.17, 15) is 9.59 Å². The first-order valence-electron chi connectivity index (χ1n) is 9.36. The first kappa shape index (κ1) is 18.6. The van der Waals surface area contributed by atoms with E-state index in [1.165, 1.54) is 0 Å². The van der Waals surface area contributed by atoms with Gasteiger partial charge in [0.2, 0.25) is 5.91 Å². The Bertz CT molecular complexity index is 984. The second kappa shape index (κ2) is 8.52. The number of carbonyl (C=O) groups is 2. The van der Waals surface area contributed by atoms with Gasteiger partial charge < -0.3 is 25.1 Å². The standard InChI is InChI=1S/C22H21N3O4/c26-21(16-12-15-4-1-2-6-20(15)29-14-16)24-17-7-9-18(10-8-17)25-22(27)23-13-19-5-3-11-28-19/h1-11,16H,12-14H2,(H,24,26)(H2,23,25,27). The van der Waals surface area contributed by atoms with Gasteiger partial charge in [0.1, 0.15) is 18.1 Å². The Balaban J connectivity index is 1.28. The fraction of sp³-hybridized carbons (Fsp3) is 0.182. The average molecular weight is 391 g/mol. The maximum Gasteiger partial charge on any atom is 0.319 e. The summed E-state index contributed by atoms with van der Waals surface area (Å²) in [4.78, 5) is 24.5. The van der Waals surface area contributed by atoms with Crippen LogP contribution in [-0.2, 0) is 17.8 Å². The van der Waals surface area contributed by atoms with Crippen molar-refractivity contribution in [3.8, 4) is 5.75 Å². The third kappa shape index (κ3) is 4.76. The quantitative estimate of drug-likeness (QED) is 0.617. The molecule has 7 nitrogen and oxygen atoms in total. The summed E-state index contributed by atoms with van der Waals surface area (Å²) in [7, 11) is 0. The molecule has 4 rings (SSSR count). The number of hydrogen-bond donors (Lipinski definition) is 3. The summed E-state index contributed by atoms with van der Waals surface area (Å²) in [6.45, 7) is 0.665. The molecule has 1 atom stereocenters. The van der Waals surface area contributed by atoms with Crippen LogP contribution in [0.5, 0.6) is 5.75 Å². The fourth-order valence-corrected chi connectivity index (χ4v) is 3.13. The van der Waals surface area contributed by atoms with Gasteiger partial charge in [-0.1, -0.05) is 18.2 Å². The number of nitrogens with one attached hydrogen (secondary N) is 3. The van der Waals surface area contributed by atoms with Crippen LogP contribution < -0.4 is 20.7 Å². The molecule has 3 N–H and O–H groups in total. The Labute approximate surface area is 168 Å². The molecule has 3 amide bonds. The number of furan rings is 1. The number of benzene rings is 2. The smallest absolute Gasteiger partial charge is 0.319 e. The molecule has 29 heavy (non-hydrogen) atoms. The maximum atomic E-state index is 12.6. The number of amides is 3. The van der Waals surface area contributed by atoms with Crippen molar-refractivity contribution >= 4 is 23.3 Å². The van der Waals surface area contributed by atoms with E-state index in [-0.39, 0.29) is 17.9 Å². The molecule has 0 fully saturated rings. The minimum absolute atomic E-state index is 0.0867. The van der Waals surface area contributed by atoms with Crippen LogP contribution in [0.25, 0.3) is 0 Å². The molecule has 148 valence electrons. The van der Waals surface area contributed by atoms with E-state index in [0.717, 1.165) is 11.3 Å². The van der Waals surface area contributed by atoms with Crippen molar-refractivity contribution in [3.63, 3.8) is 0 Å². The third-order valence-electron chi connectivity index (χ3n) is 4.66. The molecule has 1 aliphatic heterocycles. The highest BCUT2D eigenvalue weighted by atomic mass is 16.5. The highest BCUT2D eigenvalue weighted by Crippen LogP contribution is 2.27. The lowest BCUT2D eigenvalue weighted by Gasteiger charge is -2.24. The first-order valence-corrected chi connectivity index (χ1v) is 9.36. The maximum absolute atomic E-state index is 12.6. The molecule has 1 aromatic heterocycles. The second-order valence-corrected chi connectivity index (χ2v) is 6.77. The lowest BCUT2D eigenvalue weighted by molar-refractivity contribution is -0.121. The molecule has 1 aliphatic rings. The Morgan fingerprint density at radius 1 is 0.931 bits per heavy atom. The van der Waals surface area contributed by atoms with Crippen molar-refractivity contribution < 1.29 is 18.7 Å². The van der Waals surface area contributed by atoms with Crippen molar-refractivity contribution in [2.24, 2.45) is 5.92 Å². The fourth-order valence-electron chi connectivity index (χ4n) is 3.13.